The molecule has 0 radical (unpaired) electrons. The third kappa shape index (κ3) is 3.72. The predicted octanol–water partition coefficient (Wildman–Crippen LogP) is 2.73. The van der Waals surface area contributed by atoms with Crippen molar-refractivity contribution in [1.29, 1.82) is 0 Å². The van der Waals surface area contributed by atoms with Crippen molar-refractivity contribution in [1.82, 2.24) is 14.0 Å². The molecule has 2 aromatic heterocycles. The predicted molar refractivity (Wildman–Crippen MR) is 151 cm³/mol. The highest BCUT2D eigenvalue weighted by molar-refractivity contribution is 5.83. The second-order valence-corrected chi connectivity index (χ2v) is 12.6. The number of aromatic nitrogens is 2. The number of fused-ring (bicyclic) bond motifs is 12. The number of amides is 1. The molecule has 8 rings (SSSR count). The zero-order valence-electron chi connectivity index (χ0n) is 22.6. The third-order valence-electron chi connectivity index (χ3n) is 10.3. The summed E-state index contributed by atoms with van der Waals surface area (Å²) in [4.78, 5) is 55.5. The number of nitro groups is 1. The molecule has 5 aliphatic rings. The number of rotatable bonds is 2. The molecule has 2 fully saturated rings. The number of piperidine rings is 2. The second-order valence-electron chi connectivity index (χ2n) is 12.6. The molecule has 0 N–H and O–H groups in total. The van der Waals surface area contributed by atoms with Gasteiger partial charge in [-0.15, -0.1) is 0 Å². The SMILES string of the molecule is O=C([C@@H]1Cc2cc([N+](=O)[O-])ccc2N2CC3CC(Cn4c3cccc4=O)[C@@H]12)N1C[C@H]2C[C@@H](C1)c1cccc(=O)n1C2. The summed E-state index contributed by atoms with van der Waals surface area (Å²) in [7, 11) is 0. The molecule has 5 aliphatic heterocycles. The molecule has 2 saturated heterocycles. The molecule has 0 saturated carbocycles. The molecule has 2 unspecified atom stereocenters. The number of carbonyl (C=O) groups is 1. The Morgan fingerprint density at radius 1 is 0.829 bits per heavy atom. The van der Waals surface area contributed by atoms with Crippen molar-refractivity contribution in [2.24, 2.45) is 17.8 Å². The van der Waals surface area contributed by atoms with E-state index in [0.717, 1.165) is 35.5 Å². The summed E-state index contributed by atoms with van der Waals surface area (Å²) in [6, 6.07) is 15.8. The second kappa shape index (κ2) is 8.89. The first-order valence-electron chi connectivity index (χ1n) is 14.6. The van der Waals surface area contributed by atoms with Crippen molar-refractivity contribution in [2.45, 2.75) is 50.2 Å². The molecule has 0 spiro atoms. The highest BCUT2D eigenvalue weighted by atomic mass is 16.6. The van der Waals surface area contributed by atoms with Gasteiger partial charge in [0.2, 0.25) is 5.91 Å². The number of hydrogen-bond donors (Lipinski definition) is 0. The van der Waals surface area contributed by atoms with Crippen LogP contribution in [0.2, 0.25) is 0 Å². The molecule has 10 nitrogen and oxygen atoms in total. The molecule has 6 atom stereocenters. The number of anilines is 1. The summed E-state index contributed by atoms with van der Waals surface area (Å²) in [5.41, 5.74) is 3.89. The number of nitrogens with zero attached hydrogens (tertiary/aromatic N) is 5. The van der Waals surface area contributed by atoms with Gasteiger partial charge in [-0.1, -0.05) is 12.1 Å². The van der Waals surface area contributed by atoms with Crippen LogP contribution in [0, 0.1) is 27.9 Å². The fraction of sp³-hybridized carbons (Fsp3) is 0.452. The summed E-state index contributed by atoms with van der Waals surface area (Å²) in [6.07, 6.45) is 2.32. The van der Waals surface area contributed by atoms with E-state index < -0.39 is 0 Å². The zero-order chi connectivity index (χ0) is 28.0. The lowest BCUT2D eigenvalue weighted by Gasteiger charge is -2.55. The van der Waals surface area contributed by atoms with Crippen LogP contribution in [0.25, 0.3) is 0 Å². The number of pyridine rings is 2. The monoisotopic (exact) mass is 553 g/mol. The van der Waals surface area contributed by atoms with Crippen molar-refractivity contribution in [3.05, 3.63) is 102 Å². The molecule has 4 bridgehead atoms. The Labute approximate surface area is 236 Å². The normalized spacial score (nSPS) is 29.1. The molecule has 3 aromatic rings. The first-order chi connectivity index (χ1) is 19.9. The van der Waals surface area contributed by atoms with Gasteiger partial charge < -0.3 is 18.9 Å². The molecule has 10 heteroatoms. The average Bonchev–Trinajstić information content (AvgIpc) is 2.97. The molecule has 1 amide bonds. The zero-order valence-corrected chi connectivity index (χ0v) is 22.6. The minimum Gasteiger partial charge on any atom is -0.366 e. The van der Waals surface area contributed by atoms with Crippen LogP contribution in [0.4, 0.5) is 11.4 Å². The Kier molecular flexibility index (Phi) is 5.33. The number of carbonyl (C=O) groups excluding carboxylic acids is 1. The maximum absolute atomic E-state index is 14.5. The molecule has 1 aromatic carbocycles. The topological polar surface area (TPSA) is 111 Å². The maximum Gasteiger partial charge on any atom is 0.269 e. The van der Waals surface area contributed by atoms with E-state index in [1.165, 1.54) is 0 Å². The van der Waals surface area contributed by atoms with Gasteiger partial charge in [0.15, 0.2) is 0 Å². The largest absolute Gasteiger partial charge is 0.366 e. The van der Waals surface area contributed by atoms with Gasteiger partial charge in [-0.3, -0.25) is 24.5 Å². The van der Waals surface area contributed by atoms with Gasteiger partial charge in [-0.05, 0) is 54.9 Å². The number of likely N-dealkylation sites (tertiary alicyclic amines) is 1. The molecular formula is C31H31N5O5. The summed E-state index contributed by atoms with van der Waals surface area (Å²) in [5, 5.41) is 11.7. The molecule has 7 heterocycles. The van der Waals surface area contributed by atoms with Crippen LogP contribution < -0.4 is 16.0 Å². The Hall–Kier alpha value is -4.21. The van der Waals surface area contributed by atoms with Crippen LogP contribution in [0.5, 0.6) is 0 Å². The van der Waals surface area contributed by atoms with Gasteiger partial charge in [-0.2, -0.15) is 0 Å². The highest BCUT2D eigenvalue weighted by Crippen LogP contribution is 2.48. The highest BCUT2D eigenvalue weighted by Gasteiger charge is 2.51. The van der Waals surface area contributed by atoms with Crippen molar-refractivity contribution in [3.8, 4) is 0 Å². The van der Waals surface area contributed by atoms with Gasteiger partial charge in [0.1, 0.15) is 0 Å². The van der Waals surface area contributed by atoms with E-state index in [-0.39, 0.29) is 63.3 Å². The number of non-ortho nitro benzene ring substituents is 1. The van der Waals surface area contributed by atoms with Crippen molar-refractivity contribution in [3.63, 3.8) is 0 Å². The van der Waals surface area contributed by atoms with E-state index in [4.69, 9.17) is 0 Å². The van der Waals surface area contributed by atoms with E-state index in [1.54, 1.807) is 30.3 Å². The van der Waals surface area contributed by atoms with Crippen LogP contribution in [0.3, 0.4) is 0 Å². The summed E-state index contributed by atoms with van der Waals surface area (Å²) >= 11 is 0. The number of nitro benzene ring substituents is 1. The van der Waals surface area contributed by atoms with Crippen molar-refractivity contribution < 1.29 is 9.72 Å². The molecule has 210 valence electrons. The minimum atomic E-state index is -0.373. The number of benzene rings is 1. The third-order valence-corrected chi connectivity index (χ3v) is 10.3. The standard InChI is InChI=1S/C31H31N5O5/c37-28-5-1-3-25-20-9-18(14-33(25)28)13-32(15-20)31(39)24-12-19-11-23(36(40)41)7-8-27(19)35-16-21-10-22(30(24)35)17-34-26(21)4-2-6-29(34)38/h1-8,11,18,20-22,24,30H,9-10,12-17H2/t18-,20+,21?,22?,24-,30+/m1/s1. The van der Waals surface area contributed by atoms with E-state index in [2.05, 4.69) is 4.90 Å². The van der Waals surface area contributed by atoms with E-state index in [1.807, 2.05) is 38.3 Å². The lowest BCUT2D eigenvalue weighted by Crippen LogP contribution is -2.62. The molecule has 41 heavy (non-hydrogen) atoms. The van der Waals surface area contributed by atoms with Crippen LogP contribution in [-0.4, -0.2) is 50.5 Å². The molecule has 0 aliphatic carbocycles. The van der Waals surface area contributed by atoms with Crippen molar-refractivity contribution in [2.75, 3.05) is 24.5 Å². The fourth-order valence-electron chi connectivity index (χ4n) is 8.75. The van der Waals surface area contributed by atoms with Gasteiger partial charge in [0.25, 0.3) is 16.8 Å². The first kappa shape index (κ1) is 24.6. The van der Waals surface area contributed by atoms with E-state index in [0.29, 0.717) is 39.1 Å². The first-order valence-corrected chi connectivity index (χ1v) is 14.6. The maximum atomic E-state index is 14.5. The summed E-state index contributed by atoms with van der Waals surface area (Å²) in [5.74, 6) is 0.317. The van der Waals surface area contributed by atoms with E-state index in [9.17, 15) is 24.5 Å². The Morgan fingerprint density at radius 3 is 2.27 bits per heavy atom. The smallest absolute Gasteiger partial charge is 0.269 e. The lowest BCUT2D eigenvalue weighted by atomic mass is 9.69. The lowest BCUT2D eigenvalue weighted by molar-refractivity contribution is -0.384. The van der Waals surface area contributed by atoms with Gasteiger partial charge in [-0.25, -0.2) is 0 Å². The summed E-state index contributed by atoms with van der Waals surface area (Å²) in [6.45, 7) is 3.03. The summed E-state index contributed by atoms with van der Waals surface area (Å²) < 4.78 is 3.76. The van der Waals surface area contributed by atoms with Crippen LogP contribution >= 0.6 is 0 Å². The number of hydrogen-bond acceptors (Lipinski definition) is 6. The van der Waals surface area contributed by atoms with Gasteiger partial charge in [0, 0.05) is 91.9 Å². The minimum absolute atomic E-state index is 0.00174. The Balaban J connectivity index is 1.18. The Morgan fingerprint density at radius 2 is 1.54 bits per heavy atom. The van der Waals surface area contributed by atoms with Crippen LogP contribution in [0.1, 0.15) is 41.6 Å². The average molecular weight is 554 g/mol. The van der Waals surface area contributed by atoms with Crippen LogP contribution in [0.15, 0.2) is 64.2 Å². The molecular weight excluding hydrogens is 522 g/mol. The van der Waals surface area contributed by atoms with Crippen LogP contribution in [-0.2, 0) is 24.3 Å². The fourth-order valence-corrected chi connectivity index (χ4v) is 8.75. The quantitative estimate of drug-likeness (QED) is 0.357. The van der Waals surface area contributed by atoms with Gasteiger partial charge in [0.05, 0.1) is 10.8 Å². The van der Waals surface area contributed by atoms with Gasteiger partial charge >= 0.3 is 0 Å². The van der Waals surface area contributed by atoms with Crippen molar-refractivity contribution >= 4 is 17.3 Å². The Bertz CT molecular complexity index is 1730. The van der Waals surface area contributed by atoms with E-state index >= 15 is 0 Å².